The summed E-state index contributed by atoms with van der Waals surface area (Å²) in [6, 6.07) is 0. The van der Waals surface area contributed by atoms with E-state index in [0.717, 1.165) is 38.5 Å². The molecular weight excluding hydrogens is 520 g/mol. The highest BCUT2D eigenvalue weighted by molar-refractivity contribution is 7.87. The molecular formula is C25H36F4O7S. The minimum Gasteiger partial charge on any atom is -0.465 e. The van der Waals surface area contributed by atoms with Gasteiger partial charge in [-0.25, -0.2) is 0 Å². The SMILES string of the molecule is O=C(OCCC(F)(F)C(F)(F)S(=O)(=O)O)C12CC3CC(C4(O)CCCC4)(C1)CC(C1(O)CCCC1)(C3)C2. The van der Waals surface area contributed by atoms with Crippen LogP contribution in [0.25, 0.3) is 0 Å². The molecule has 2 atom stereocenters. The van der Waals surface area contributed by atoms with Gasteiger partial charge in [-0.2, -0.15) is 26.0 Å². The molecule has 0 heterocycles. The number of ether oxygens (including phenoxy) is 1. The quantitative estimate of drug-likeness (QED) is 0.227. The first kappa shape index (κ1) is 27.6. The van der Waals surface area contributed by atoms with E-state index >= 15 is 0 Å². The van der Waals surface area contributed by atoms with Crippen molar-refractivity contribution >= 4 is 16.1 Å². The van der Waals surface area contributed by atoms with Gasteiger partial charge >= 0.3 is 27.3 Å². The summed E-state index contributed by atoms with van der Waals surface area (Å²) in [6.07, 6.45) is 7.05. The smallest absolute Gasteiger partial charge is 0.431 e. The highest BCUT2D eigenvalue weighted by Gasteiger charge is 2.74. The predicted molar refractivity (Wildman–Crippen MR) is 122 cm³/mol. The Kier molecular flexibility index (Phi) is 6.16. The van der Waals surface area contributed by atoms with Crippen molar-refractivity contribution in [2.45, 2.75) is 119 Å². The van der Waals surface area contributed by atoms with Gasteiger partial charge in [-0.1, -0.05) is 25.7 Å². The van der Waals surface area contributed by atoms with Crippen LogP contribution in [-0.2, 0) is 19.6 Å². The van der Waals surface area contributed by atoms with Gasteiger partial charge in [0.1, 0.15) is 0 Å². The fraction of sp³-hybridized carbons (Fsp3) is 0.960. The number of halogens is 4. The maximum absolute atomic E-state index is 14.0. The normalized spacial score (nSPS) is 38.7. The Labute approximate surface area is 214 Å². The molecule has 212 valence electrons. The number of aliphatic hydroxyl groups is 2. The van der Waals surface area contributed by atoms with Crippen LogP contribution in [0.1, 0.15) is 96.3 Å². The zero-order valence-corrected chi connectivity index (χ0v) is 21.6. The minimum absolute atomic E-state index is 0.0309. The summed E-state index contributed by atoms with van der Waals surface area (Å²) in [6.45, 7) is -1.15. The molecule has 6 aliphatic rings. The zero-order chi connectivity index (χ0) is 27.2. The van der Waals surface area contributed by atoms with E-state index in [9.17, 15) is 41.0 Å². The van der Waals surface area contributed by atoms with Crippen LogP contribution in [0.2, 0.25) is 0 Å². The Morgan fingerprint density at radius 1 is 0.838 bits per heavy atom. The molecule has 6 aliphatic carbocycles. The third-order valence-electron chi connectivity index (χ3n) is 10.7. The highest BCUT2D eigenvalue weighted by Crippen LogP contribution is 2.77. The molecule has 0 saturated heterocycles. The molecule has 7 nitrogen and oxygen atoms in total. The molecule has 12 heteroatoms. The first-order valence-electron chi connectivity index (χ1n) is 13.3. The van der Waals surface area contributed by atoms with Gasteiger partial charge in [0.2, 0.25) is 0 Å². The Morgan fingerprint density at radius 2 is 1.30 bits per heavy atom. The van der Waals surface area contributed by atoms with E-state index in [2.05, 4.69) is 0 Å². The predicted octanol–water partition coefficient (Wildman–Crippen LogP) is 4.60. The van der Waals surface area contributed by atoms with Crippen molar-refractivity contribution in [1.82, 2.24) is 0 Å². The summed E-state index contributed by atoms with van der Waals surface area (Å²) in [7, 11) is -6.38. The van der Waals surface area contributed by atoms with Crippen LogP contribution < -0.4 is 0 Å². The monoisotopic (exact) mass is 556 g/mol. The molecule has 37 heavy (non-hydrogen) atoms. The van der Waals surface area contributed by atoms with Gasteiger partial charge in [-0.15, -0.1) is 0 Å². The number of alkyl halides is 4. The van der Waals surface area contributed by atoms with Crippen molar-refractivity contribution in [3.05, 3.63) is 0 Å². The lowest BCUT2D eigenvalue weighted by atomic mass is 9.34. The molecule has 3 N–H and O–H groups in total. The minimum atomic E-state index is -6.38. The molecule has 6 saturated carbocycles. The number of esters is 1. The summed E-state index contributed by atoms with van der Waals surface area (Å²) in [5, 5.41) is 18.0. The Bertz CT molecular complexity index is 1010. The van der Waals surface area contributed by atoms with E-state index < -0.39 is 67.7 Å². The molecule has 0 aromatic rings. The fourth-order valence-corrected chi connectivity index (χ4v) is 9.92. The van der Waals surface area contributed by atoms with Crippen molar-refractivity contribution in [3.63, 3.8) is 0 Å². The van der Waals surface area contributed by atoms with E-state index in [1.807, 2.05) is 0 Å². The van der Waals surface area contributed by atoms with E-state index in [1.165, 1.54) is 0 Å². The summed E-state index contributed by atoms with van der Waals surface area (Å²) in [5.41, 5.74) is -4.38. The Balaban J connectivity index is 1.42. The average Bonchev–Trinajstić information content (AvgIpc) is 3.42. The second-order valence-corrected chi connectivity index (χ2v) is 14.4. The molecule has 0 radical (unpaired) electrons. The molecule has 6 rings (SSSR count). The van der Waals surface area contributed by atoms with E-state index in [0.29, 0.717) is 51.4 Å². The molecule has 0 aliphatic heterocycles. The van der Waals surface area contributed by atoms with Gasteiger partial charge in [0, 0.05) is 10.8 Å². The number of carbonyl (C=O) groups excluding carboxylic acids is 1. The maximum atomic E-state index is 14.0. The summed E-state index contributed by atoms with van der Waals surface area (Å²) < 4.78 is 90.4. The second-order valence-electron chi connectivity index (χ2n) is 12.9. The van der Waals surface area contributed by atoms with Crippen LogP contribution in [0.4, 0.5) is 17.6 Å². The zero-order valence-electron chi connectivity index (χ0n) is 20.8. The van der Waals surface area contributed by atoms with Gasteiger partial charge in [0.25, 0.3) is 0 Å². The third kappa shape index (κ3) is 3.89. The third-order valence-corrected chi connectivity index (χ3v) is 11.7. The number of carbonyl (C=O) groups is 1. The second kappa shape index (κ2) is 8.27. The molecule has 2 unspecified atom stereocenters. The van der Waals surface area contributed by atoms with Crippen molar-refractivity contribution < 1.29 is 50.3 Å². The van der Waals surface area contributed by atoms with E-state index in [1.54, 1.807) is 0 Å². The van der Waals surface area contributed by atoms with Crippen molar-refractivity contribution in [1.29, 1.82) is 0 Å². The van der Waals surface area contributed by atoms with Crippen LogP contribution in [-0.4, -0.2) is 58.1 Å². The van der Waals surface area contributed by atoms with Gasteiger partial charge in [0.05, 0.1) is 29.6 Å². The molecule has 0 amide bonds. The van der Waals surface area contributed by atoms with Crippen LogP contribution >= 0.6 is 0 Å². The van der Waals surface area contributed by atoms with E-state index in [4.69, 9.17) is 9.29 Å². The average molecular weight is 557 g/mol. The number of hydrogen-bond acceptors (Lipinski definition) is 6. The van der Waals surface area contributed by atoms with Crippen LogP contribution in [0.5, 0.6) is 0 Å². The molecule has 4 bridgehead atoms. The number of rotatable bonds is 8. The van der Waals surface area contributed by atoms with Gasteiger partial charge < -0.3 is 14.9 Å². The standard InChI is InChI=1S/C25H36F4O7S/c26-24(27,25(28,29)37(33,34)35)9-10-36-18(30)19-11-17-12-20(14-19,22(31)5-1-2-6-22)16-21(13-17,15-19)23(32)7-3-4-8-23/h17,31-32H,1-16H2,(H,33,34,35). The lowest BCUT2D eigenvalue weighted by Crippen LogP contribution is -2.69. The molecule has 6 fully saturated rings. The first-order valence-corrected chi connectivity index (χ1v) is 14.7. The number of hydrogen-bond donors (Lipinski definition) is 3. The lowest BCUT2D eigenvalue weighted by Gasteiger charge is -2.71. The van der Waals surface area contributed by atoms with Gasteiger partial charge in [-0.05, 0) is 70.1 Å². The van der Waals surface area contributed by atoms with Crippen LogP contribution in [0.15, 0.2) is 0 Å². The Hall–Kier alpha value is -0.980. The summed E-state index contributed by atoms with van der Waals surface area (Å²) in [4.78, 5) is 13.6. The lowest BCUT2D eigenvalue weighted by molar-refractivity contribution is -0.274. The molecule has 0 aromatic carbocycles. The van der Waals surface area contributed by atoms with Gasteiger partial charge in [-0.3, -0.25) is 9.35 Å². The van der Waals surface area contributed by atoms with Gasteiger partial charge in [0.15, 0.2) is 0 Å². The fourth-order valence-electron chi connectivity index (χ4n) is 9.44. The largest absolute Gasteiger partial charge is 0.465 e. The molecule has 0 spiro atoms. The van der Waals surface area contributed by atoms with E-state index in [-0.39, 0.29) is 5.92 Å². The van der Waals surface area contributed by atoms with Crippen molar-refractivity contribution in [3.8, 4) is 0 Å². The molecule has 0 aromatic heterocycles. The maximum Gasteiger partial charge on any atom is 0.431 e. The topological polar surface area (TPSA) is 121 Å². The van der Waals surface area contributed by atoms with Crippen molar-refractivity contribution in [2.24, 2.45) is 22.2 Å². The summed E-state index contributed by atoms with van der Waals surface area (Å²) >= 11 is 0. The highest BCUT2D eigenvalue weighted by atomic mass is 32.2. The Morgan fingerprint density at radius 3 is 1.73 bits per heavy atom. The van der Waals surface area contributed by atoms with Crippen molar-refractivity contribution in [2.75, 3.05) is 6.61 Å². The first-order chi connectivity index (χ1) is 16.9. The summed E-state index contributed by atoms with van der Waals surface area (Å²) in [5.74, 6) is -5.94. The van der Waals surface area contributed by atoms with Crippen LogP contribution in [0, 0.1) is 22.2 Å². The van der Waals surface area contributed by atoms with Crippen LogP contribution in [0.3, 0.4) is 0 Å².